The molecule has 0 heterocycles. The Morgan fingerprint density at radius 3 is 2.25 bits per heavy atom. The van der Waals surface area contributed by atoms with Crippen LogP contribution in [0.2, 0.25) is 0 Å². The van der Waals surface area contributed by atoms with E-state index < -0.39 is 29.3 Å². The fraction of sp³-hybridized carbons (Fsp3) is 0.143. The van der Waals surface area contributed by atoms with Gasteiger partial charge in [0.2, 0.25) is 0 Å². The molecule has 0 aromatic heterocycles. The van der Waals surface area contributed by atoms with Crippen molar-refractivity contribution in [1.29, 1.82) is 0 Å². The monoisotopic (exact) mass is 284 g/mol. The SMILES string of the molecule is NNC(Cc1cccc(F)c1F)c1cc(F)cc(F)c1. The van der Waals surface area contributed by atoms with Crippen molar-refractivity contribution in [2.45, 2.75) is 12.5 Å². The Balaban J connectivity index is 2.31. The molecule has 0 radical (unpaired) electrons. The second-order valence-electron chi connectivity index (χ2n) is 4.34. The van der Waals surface area contributed by atoms with E-state index in [-0.39, 0.29) is 17.5 Å². The molecule has 0 saturated heterocycles. The van der Waals surface area contributed by atoms with Gasteiger partial charge in [0.05, 0.1) is 6.04 Å². The lowest BCUT2D eigenvalue weighted by atomic mass is 9.98. The highest BCUT2D eigenvalue weighted by Gasteiger charge is 2.16. The second-order valence-corrected chi connectivity index (χ2v) is 4.34. The van der Waals surface area contributed by atoms with Crippen LogP contribution < -0.4 is 11.3 Å². The third kappa shape index (κ3) is 3.15. The van der Waals surface area contributed by atoms with E-state index in [4.69, 9.17) is 5.84 Å². The van der Waals surface area contributed by atoms with Gasteiger partial charge in [-0.1, -0.05) is 12.1 Å². The molecule has 0 fully saturated rings. The van der Waals surface area contributed by atoms with Crippen LogP contribution in [0, 0.1) is 23.3 Å². The highest BCUT2D eigenvalue weighted by molar-refractivity contribution is 5.26. The summed E-state index contributed by atoms with van der Waals surface area (Å²) in [6.45, 7) is 0. The summed E-state index contributed by atoms with van der Waals surface area (Å²) in [5, 5.41) is 0. The van der Waals surface area contributed by atoms with Gasteiger partial charge in [0, 0.05) is 6.07 Å². The minimum atomic E-state index is -0.996. The van der Waals surface area contributed by atoms with Gasteiger partial charge in [-0.15, -0.1) is 0 Å². The van der Waals surface area contributed by atoms with Crippen LogP contribution in [0.4, 0.5) is 17.6 Å². The van der Waals surface area contributed by atoms with Gasteiger partial charge < -0.3 is 0 Å². The number of hydrogen-bond donors (Lipinski definition) is 2. The predicted molar refractivity (Wildman–Crippen MR) is 66.5 cm³/mol. The van der Waals surface area contributed by atoms with Crippen LogP contribution in [0.15, 0.2) is 36.4 Å². The molecule has 2 aromatic rings. The van der Waals surface area contributed by atoms with Gasteiger partial charge in [-0.05, 0) is 35.7 Å². The number of hydrogen-bond acceptors (Lipinski definition) is 2. The fourth-order valence-electron chi connectivity index (χ4n) is 1.98. The van der Waals surface area contributed by atoms with Crippen molar-refractivity contribution < 1.29 is 17.6 Å². The molecule has 106 valence electrons. The van der Waals surface area contributed by atoms with Gasteiger partial charge in [0.1, 0.15) is 11.6 Å². The largest absolute Gasteiger partial charge is 0.271 e. The Kier molecular flexibility index (Phi) is 4.36. The Hall–Kier alpha value is -1.92. The quantitative estimate of drug-likeness (QED) is 0.514. The molecule has 0 bridgehead atoms. The van der Waals surface area contributed by atoms with E-state index in [2.05, 4.69) is 5.43 Å². The number of nitrogens with two attached hydrogens (primary N) is 1. The van der Waals surface area contributed by atoms with E-state index in [1.54, 1.807) is 0 Å². The van der Waals surface area contributed by atoms with Crippen molar-refractivity contribution in [2.24, 2.45) is 5.84 Å². The lowest BCUT2D eigenvalue weighted by molar-refractivity contribution is 0.479. The number of rotatable bonds is 4. The van der Waals surface area contributed by atoms with Crippen molar-refractivity contribution >= 4 is 0 Å². The van der Waals surface area contributed by atoms with Crippen molar-refractivity contribution in [3.8, 4) is 0 Å². The zero-order valence-electron chi connectivity index (χ0n) is 10.3. The Morgan fingerprint density at radius 1 is 1.00 bits per heavy atom. The average Bonchev–Trinajstić information content (AvgIpc) is 2.39. The molecule has 1 atom stereocenters. The van der Waals surface area contributed by atoms with Gasteiger partial charge >= 0.3 is 0 Å². The summed E-state index contributed by atoms with van der Waals surface area (Å²) in [5.74, 6) is 1.82. The van der Waals surface area contributed by atoms with Crippen molar-refractivity contribution in [3.05, 3.63) is 70.8 Å². The Bertz CT molecular complexity index is 596. The number of benzene rings is 2. The number of halogens is 4. The van der Waals surface area contributed by atoms with Crippen LogP contribution in [0.3, 0.4) is 0 Å². The van der Waals surface area contributed by atoms with Crippen molar-refractivity contribution in [3.63, 3.8) is 0 Å². The summed E-state index contributed by atoms with van der Waals surface area (Å²) in [6, 6.07) is 5.89. The molecule has 0 spiro atoms. The standard InChI is InChI=1S/C14H12F4N2/c15-10-4-9(5-11(16)7-10)13(20-19)6-8-2-1-3-12(17)14(8)18/h1-5,7,13,20H,6,19H2. The molecule has 2 nitrogen and oxygen atoms in total. The maximum absolute atomic E-state index is 13.6. The predicted octanol–water partition coefficient (Wildman–Crippen LogP) is 2.99. The first-order chi connectivity index (χ1) is 9.51. The molecule has 0 aliphatic carbocycles. The van der Waals surface area contributed by atoms with Crippen LogP contribution in [0.5, 0.6) is 0 Å². The topological polar surface area (TPSA) is 38.0 Å². The van der Waals surface area contributed by atoms with E-state index in [0.717, 1.165) is 24.3 Å². The lowest BCUT2D eigenvalue weighted by Gasteiger charge is -2.17. The third-order valence-electron chi connectivity index (χ3n) is 2.94. The lowest BCUT2D eigenvalue weighted by Crippen LogP contribution is -2.30. The molecule has 0 amide bonds. The molecule has 2 aromatic carbocycles. The highest BCUT2D eigenvalue weighted by atomic mass is 19.2. The van der Waals surface area contributed by atoms with E-state index >= 15 is 0 Å². The summed E-state index contributed by atoms with van der Waals surface area (Å²) in [7, 11) is 0. The van der Waals surface area contributed by atoms with Crippen LogP contribution in [0.25, 0.3) is 0 Å². The number of nitrogens with one attached hydrogen (secondary N) is 1. The molecule has 0 aliphatic rings. The van der Waals surface area contributed by atoms with E-state index in [0.29, 0.717) is 0 Å². The maximum atomic E-state index is 13.6. The van der Waals surface area contributed by atoms with E-state index in [1.807, 2.05) is 0 Å². The van der Waals surface area contributed by atoms with Gasteiger partial charge in [-0.25, -0.2) is 17.6 Å². The summed E-state index contributed by atoms with van der Waals surface area (Å²) in [5.41, 5.74) is 2.63. The second kappa shape index (κ2) is 6.02. The fourth-order valence-corrected chi connectivity index (χ4v) is 1.98. The van der Waals surface area contributed by atoms with E-state index in [9.17, 15) is 17.6 Å². The third-order valence-corrected chi connectivity index (χ3v) is 2.94. The van der Waals surface area contributed by atoms with Gasteiger partial charge in [-0.3, -0.25) is 11.3 Å². The van der Waals surface area contributed by atoms with Gasteiger partial charge in [0.25, 0.3) is 0 Å². The zero-order valence-corrected chi connectivity index (χ0v) is 10.3. The first kappa shape index (κ1) is 14.5. The molecule has 20 heavy (non-hydrogen) atoms. The maximum Gasteiger partial charge on any atom is 0.162 e. The molecule has 0 aliphatic heterocycles. The minimum Gasteiger partial charge on any atom is -0.271 e. The van der Waals surface area contributed by atoms with Crippen LogP contribution >= 0.6 is 0 Å². The molecular weight excluding hydrogens is 272 g/mol. The zero-order chi connectivity index (χ0) is 14.7. The van der Waals surface area contributed by atoms with Crippen molar-refractivity contribution in [2.75, 3.05) is 0 Å². The smallest absolute Gasteiger partial charge is 0.162 e. The molecule has 6 heteroatoms. The van der Waals surface area contributed by atoms with Gasteiger partial charge in [-0.2, -0.15) is 0 Å². The normalized spacial score (nSPS) is 12.4. The molecular formula is C14H12F4N2. The molecule has 0 saturated carbocycles. The van der Waals surface area contributed by atoms with Crippen LogP contribution in [-0.4, -0.2) is 0 Å². The Morgan fingerprint density at radius 2 is 1.65 bits per heavy atom. The first-order valence-corrected chi connectivity index (χ1v) is 5.86. The summed E-state index contributed by atoms with van der Waals surface area (Å²) < 4.78 is 53.0. The summed E-state index contributed by atoms with van der Waals surface area (Å²) in [4.78, 5) is 0. The number of hydrazine groups is 1. The average molecular weight is 284 g/mol. The minimum absolute atomic E-state index is 0.0387. The van der Waals surface area contributed by atoms with Crippen LogP contribution in [-0.2, 0) is 6.42 Å². The van der Waals surface area contributed by atoms with Crippen LogP contribution in [0.1, 0.15) is 17.2 Å². The summed E-state index contributed by atoms with van der Waals surface area (Å²) in [6.07, 6.45) is -0.0387. The van der Waals surface area contributed by atoms with Gasteiger partial charge in [0.15, 0.2) is 11.6 Å². The molecule has 3 N–H and O–H groups in total. The first-order valence-electron chi connectivity index (χ1n) is 5.86. The molecule has 1 unspecified atom stereocenters. The van der Waals surface area contributed by atoms with E-state index in [1.165, 1.54) is 12.1 Å². The Labute approximate surface area is 113 Å². The van der Waals surface area contributed by atoms with Crippen molar-refractivity contribution in [1.82, 2.24) is 5.43 Å². The molecule has 2 rings (SSSR count). The highest BCUT2D eigenvalue weighted by Crippen LogP contribution is 2.22. The summed E-state index contributed by atoms with van der Waals surface area (Å²) >= 11 is 0.